The van der Waals surface area contributed by atoms with Crippen LogP contribution in [0.15, 0.2) is 18.2 Å². The standard InChI is InChI=1S/C12H14NO3P.ClH/c1-4-7-13-11-6-5-9(17(2,3)16)8-10(11)12(14)15;/h1,5-6,8,13H,7H2,2-3H3,(H,14,15);1H. The number of terminal acetylenes is 1. The molecule has 0 fully saturated rings. The van der Waals surface area contributed by atoms with Crippen LogP contribution in [0.3, 0.4) is 0 Å². The minimum Gasteiger partial charge on any atom is -0.478 e. The minimum atomic E-state index is -2.46. The van der Waals surface area contributed by atoms with Crippen LogP contribution < -0.4 is 10.6 Å². The van der Waals surface area contributed by atoms with Gasteiger partial charge in [-0.3, -0.25) is 0 Å². The van der Waals surface area contributed by atoms with E-state index in [-0.39, 0.29) is 24.5 Å². The molecule has 1 aromatic rings. The van der Waals surface area contributed by atoms with Crippen LogP contribution in [0, 0.1) is 12.3 Å². The molecule has 0 heterocycles. The quantitative estimate of drug-likeness (QED) is 0.657. The predicted molar refractivity (Wildman–Crippen MR) is 77.1 cm³/mol. The summed E-state index contributed by atoms with van der Waals surface area (Å²) in [5.74, 6) is 1.30. The second-order valence-corrected chi connectivity index (χ2v) is 7.16. The van der Waals surface area contributed by atoms with E-state index in [4.69, 9.17) is 11.5 Å². The Kier molecular flexibility index (Phi) is 5.97. The van der Waals surface area contributed by atoms with E-state index in [1.54, 1.807) is 25.5 Å². The number of hydrogen-bond acceptors (Lipinski definition) is 3. The highest BCUT2D eigenvalue weighted by Crippen LogP contribution is 2.35. The molecule has 4 nitrogen and oxygen atoms in total. The summed E-state index contributed by atoms with van der Waals surface area (Å²) >= 11 is 0. The third-order valence-corrected chi connectivity index (χ3v) is 3.76. The summed E-state index contributed by atoms with van der Waals surface area (Å²) < 4.78 is 11.9. The number of aromatic carboxylic acids is 1. The molecule has 1 rings (SSSR count). The number of benzene rings is 1. The van der Waals surface area contributed by atoms with Gasteiger partial charge in [0.15, 0.2) is 0 Å². The molecule has 98 valence electrons. The van der Waals surface area contributed by atoms with Crippen molar-refractivity contribution in [3.05, 3.63) is 23.8 Å². The van der Waals surface area contributed by atoms with Crippen LogP contribution in [0.5, 0.6) is 0 Å². The maximum atomic E-state index is 11.9. The van der Waals surface area contributed by atoms with Crippen molar-refractivity contribution in [3.63, 3.8) is 0 Å². The number of hydrogen-bond donors (Lipinski definition) is 2. The summed E-state index contributed by atoms with van der Waals surface area (Å²) in [7, 11) is -2.46. The maximum absolute atomic E-state index is 11.9. The van der Waals surface area contributed by atoms with Crippen LogP contribution >= 0.6 is 19.5 Å². The first-order valence-electron chi connectivity index (χ1n) is 4.96. The third-order valence-electron chi connectivity index (χ3n) is 2.24. The van der Waals surface area contributed by atoms with Gasteiger partial charge in [-0.2, -0.15) is 0 Å². The van der Waals surface area contributed by atoms with E-state index in [9.17, 15) is 9.36 Å². The van der Waals surface area contributed by atoms with Crippen molar-refractivity contribution in [2.75, 3.05) is 25.2 Å². The average molecular weight is 288 g/mol. The van der Waals surface area contributed by atoms with Crippen molar-refractivity contribution >= 4 is 36.5 Å². The molecular formula is C12H15ClNO3P. The molecule has 0 aliphatic heterocycles. The first kappa shape index (κ1) is 16.6. The van der Waals surface area contributed by atoms with Crippen LogP contribution in [0.2, 0.25) is 0 Å². The molecule has 0 atom stereocenters. The lowest BCUT2D eigenvalue weighted by Crippen LogP contribution is -2.12. The fraction of sp³-hybridized carbons (Fsp3) is 0.250. The van der Waals surface area contributed by atoms with Gasteiger partial charge in [0, 0.05) is 11.0 Å². The molecule has 0 bridgehead atoms. The smallest absolute Gasteiger partial charge is 0.337 e. The number of carbonyl (C=O) groups is 1. The Hall–Kier alpha value is -1.43. The van der Waals surface area contributed by atoms with E-state index in [0.29, 0.717) is 11.0 Å². The van der Waals surface area contributed by atoms with Crippen molar-refractivity contribution in [1.29, 1.82) is 0 Å². The first-order valence-corrected chi connectivity index (χ1v) is 7.56. The minimum absolute atomic E-state index is 0. The first-order chi connectivity index (χ1) is 7.86. The van der Waals surface area contributed by atoms with Crippen LogP contribution in [0.4, 0.5) is 5.69 Å². The van der Waals surface area contributed by atoms with E-state index >= 15 is 0 Å². The number of carboxylic acids is 1. The molecule has 2 N–H and O–H groups in total. The highest BCUT2D eigenvalue weighted by molar-refractivity contribution is 7.70. The largest absolute Gasteiger partial charge is 0.478 e. The lowest BCUT2D eigenvalue weighted by atomic mass is 10.2. The Morgan fingerprint density at radius 3 is 2.56 bits per heavy atom. The van der Waals surface area contributed by atoms with Crippen molar-refractivity contribution in [2.45, 2.75) is 0 Å². The molecule has 18 heavy (non-hydrogen) atoms. The van der Waals surface area contributed by atoms with Gasteiger partial charge >= 0.3 is 5.97 Å². The van der Waals surface area contributed by atoms with E-state index in [0.717, 1.165) is 0 Å². The van der Waals surface area contributed by atoms with Crippen molar-refractivity contribution in [3.8, 4) is 12.3 Å². The monoisotopic (exact) mass is 287 g/mol. The van der Waals surface area contributed by atoms with Crippen LogP contribution in [-0.2, 0) is 4.57 Å². The van der Waals surface area contributed by atoms with E-state index < -0.39 is 13.1 Å². The van der Waals surface area contributed by atoms with Crippen LogP contribution in [-0.4, -0.2) is 31.0 Å². The van der Waals surface area contributed by atoms with Gasteiger partial charge in [0.1, 0.15) is 7.14 Å². The molecular weight excluding hydrogens is 273 g/mol. The van der Waals surface area contributed by atoms with Crippen LogP contribution in [0.25, 0.3) is 0 Å². The topological polar surface area (TPSA) is 66.4 Å². The number of halogens is 1. The second kappa shape index (κ2) is 6.49. The lowest BCUT2D eigenvalue weighted by molar-refractivity contribution is 0.0698. The Labute approximate surface area is 113 Å². The lowest BCUT2D eigenvalue weighted by Gasteiger charge is -2.12. The number of rotatable bonds is 4. The summed E-state index contributed by atoms with van der Waals surface area (Å²) in [6.45, 7) is 3.44. The normalized spacial score (nSPS) is 10.1. The van der Waals surface area contributed by atoms with Crippen LogP contribution in [0.1, 0.15) is 10.4 Å². The zero-order chi connectivity index (χ0) is 13.1. The summed E-state index contributed by atoms with van der Waals surface area (Å²) in [4.78, 5) is 11.1. The highest BCUT2D eigenvalue weighted by Gasteiger charge is 2.16. The van der Waals surface area contributed by atoms with Crippen molar-refractivity contribution in [2.24, 2.45) is 0 Å². The van der Waals surface area contributed by atoms with Gasteiger partial charge in [-0.15, -0.1) is 18.8 Å². The fourth-order valence-electron chi connectivity index (χ4n) is 1.34. The van der Waals surface area contributed by atoms with Gasteiger partial charge in [-0.1, -0.05) is 5.92 Å². The number of carboxylic acid groups (broad SMARTS) is 1. The third kappa shape index (κ3) is 4.10. The van der Waals surface area contributed by atoms with Gasteiger partial charge in [-0.05, 0) is 31.5 Å². The Morgan fingerprint density at radius 1 is 1.50 bits per heavy atom. The molecule has 0 aliphatic carbocycles. The van der Waals surface area contributed by atoms with E-state index in [1.807, 2.05) is 0 Å². The molecule has 0 radical (unpaired) electrons. The summed E-state index contributed by atoms with van der Waals surface area (Å²) in [5.41, 5.74) is 0.523. The van der Waals surface area contributed by atoms with Crippen molar-refractivity contribution < 1.29 is 14.5 Å². The number of anilines is 1. The molecule has 0 saturated carbocycles. The van der Waals surface area contributed by atoms with Crippen molar-refractivity contribution in [1.82, 2.24) is 0 Å². The average Bonchev–Trinajstić information content (AvgIpc) is 2.24. The summed E-state index contributed by atoms with van der Waals surface area (Å²) in [6.07, 6.45) is 5.10. The van der Waals surface area contributed by atoms with Gasteiger partial charge in [0.25, 0.3) is 0 Å². The second-order valence-electron chi connectivity index (χ2n) is 3.94. The van der Waals surface area contributed by atoms with Gasteiger partial charge in [-0.25, -0.2) is 4.79 Å². The SMILES string of the molecule is C#CCNc1ccc(P(C)(C)=O)cc1C(=O)O.Cl. The number of nitrogens with one attached hydrogen (secondary N) is 1. The molecule has 6 heteroatoms. The van der Waals surface area contributed by atoms with E-state index in [2.05, 4.69) is 11.2 Å². The Balaban J connectivity index is 0.00000289. The zero-order valence-electron chi connectivity index (χ0n) is 10.1. The van der Waals surface area contributed by atoms with Gasteiger partial charge in [0.05, 0.1) is 12.1 Å². The molecule has 0 unspecified atom stereocenters. The molecule has 0 spiro atoms. The summed E-state index contributed by atoms with van der Waals surface area (Å²) in [5, 5.41) is 12.4. The predicted octanol–water partition coefficient (Wildman–Crippen LogP) is 2.10. The molecule has 0 aromatic heterocycles. The van der Waals surface area contributed by atoms with E-state index in [1.165, 1.54) is 6.07 Å². The maximum Gasteiger partial charge on any atom is 0.337 e. The molecule has 1 aromatic carbocycles. The van der Waals surface area contributed by atoms with Gasteiger partial charge in [0.2, 0.25) is 0 Å². The Morgan fingerprint density at radius 2 is 2.11 bits per heavy atom. The Bertz CT molecular complexity index is 531. The van der Waals surface area contributed by atoms with Gasteiger partial charge < -0.3 is 15.0 Å². The zero-order valence-corrected chi connectivity index (χ0v) is 11.8. The fourth-order valence-corrected chi connectivity index (χ4v) is 2.22. The molecule has 0 aliphatic rings. The molecule has 0 saturated heterocycles. The summed E-state index contributed by atoms with van der Waals surface area (Å²) in [6, 6.07) is 4.68. The molecule has 0 amide bonds. The highest BCUT2D eigenvalue weighted by atomic mass is 35.5.